The fourth-order valence-electron chi connectivity index (χ4n) is 3.08. The molecule has 5 rings (SSSR count). The second-order valence-electron chi connectivity index (χ2n) is 6.98. The first-order chi connectivity index (χ1) is 16.2. The van der Waals surface area contributed by atoms with Crippen LogP contribution in [0.15, 0.2) is 90.3 Å². The van der Waals surface area contributed by atoms with Crippen LogP contribution in [0.5, 0.6) is 5.75 Å². The lowest BCUT2D eigenvalue weighted by Gasteiger charge is -2.12. The molecule has 0 aliphatic rings. The van der Waals surface area contributed by atoms with E-state index < -0.39 is 11.7 Å². The van der Waals surface area contributed by atoms with E-state index in [9.17, 15) is 9.90 Å². The average Bonchev–Trinajstić information content (AvgIpc) is 3.55. The van der Waals surface area contributed by atoms with Crippen LogP contribution in [0.2, 0.25) is 0 Å². The molecule has 10 heteroatoms. The predicted molar refractivity (Wildman–Crippen MR) is 120 cm³/mol. The van der Waals surface area contributed by atoms with E-state index in [4.69, 9.17) is 18.0 Å². The van der Waals surface area contributed by atoms with Crippen molar-refractivity contribution in [1.29, 1.82) is 0 Å². The lowest BCUT2D eigenvalue weighted by molar-refractivity contribution is 0.126. The van der Waals surface area contributed by atoms with Crippen molar-refractivity contribution in [3.8, 4) is 28.7 Å². The zero-order chi connectivity index (χ0) is 22.6. The molecule has 0 amide bonds. The van der Waals surface area contributed by atoms with Gasteiger partial charge in [-0.05, 0) is 42.5 Å². The highest BCUT2D eigenvalue weighted by atomic mass is 32.2. The van der Waals surface area contributed by atoms with Crippen LogP contribution >= 0.6 is 11.8 Å². The van der Waals surface area contributed by atoms with Crippen LogP contribution in [0.25, 0.3) is 33.9 Å². The molecular weight excluding hydrogens is 446 g/mol. The van der Waals surface area contributed by atoms with Crippen molar-refractivity contribution >= 4 is 22.7 Å². The summed E-state index contributed by atoms with van der Waals surface area (Å²) in [6.45, 7) is 0.0402. The van der Waals surface area contributed by atoms with Gasteiger partial charge in [-0.15, -0.1) is 10.2 Å². The fourth-order valence-corrected chi connectivity index (χ4v) is 3.77. The molecule has 0 aliphatic heterocycles. The zero-order valence-corrected chi connectivity index (χ0v) is 17.9. The smallest absolute Gasteiger partial charge is 0.336 e. The quantitative estimate of drug-likeness (QED) is 0.266. The van der Waals surface area contributed by atoms with Gasteiger partial charge in [0.1, 0.15) is 23.6 Å². The number of thioether (sulfide) groups is 1. The van der Waals surface area contributed by atoms with Crippen LogP contribution < -0.4 is 10.4 Å². The summed E-state index contributed by atoms with van der Waals surface area (Å²) < 4.78 is 21.7. The first-order valence-electron chi connectivity index (χ1n) is 9.96. The number of aliphatic hydroxyl groups excluding tert-OH is 1. The van der Waals surface area contributed by atoms with Crippen molar-refractivity contribution in [3.63, 3.8) is 0 Å². The Labute approximate surface area is 191 Å². The molecule has 9 nitrogen and oxygen atoms in total. The Bertz CT molecular complexity index is 1420. The Morgan fingerprint density at radius 1 is 0.970 bits per heavy atom. The van der Waals surface area contributed by atoms with Gasteiger partial charge in [0.15, 0.2) is 17.2 Å². The normalized spacial score (nSPS) is 12.2. The number of fused-ring (bicyclic) bond motifs is 1. The van der Waals surface area contributed by atoms with Gasteiger partial charge in [-0.25, -0.2) is 9.78 Å². The van der Waals surface area contributed by atoms with Crippen molar-refractivity contribution in [1.82, 2.24) is 15.2 Å². The van der Waals surface area contributed by atoms with Crippen molar-refractivity contribution in [2.24, 2.45) is 0 Å². The highest BCUT2D eigenvalue weighted by Gasteiger charge is 2.18. The molecule has 4 heterocycles. The van der Waals surface area contributed by atoms with Crippen LogP contribution in [-0.4, -0.2) is 38.8 Å². The standard InChI is InChI=1S/C23H17N3O6S/c27-15(12-31-16-7-5-14-6-8-20(28)32-19(14)11-16)13-33-23-24-21(17-3-1-9-29-17)22(25-26-23)18-4-2-10-30-18/h1-11,15,27H,12-13H2. The molecule has 4 aromatic heterocycles. The van der Waals surface area contributed by atoms with Gasteiger partial charge in [0.25, 0.3) is 0 Å². The van der Waals surface area contributed by atoms with Crippen molar-refractivity contribution in [2.75, 3.05) is 12.4 Å². The highest BCUT2D eigenvalue weighted by Crippen LogP contribution is 2.30. The molecule has 33 heavy (non-hydrogen) atoms. The summed E-state index contributed by atoms with van der Waals surface area (Å²) in [7, 11) is 0. The Morgan fingerprint density at radius 2 is 1.73 bits per heavy atom. The van der Waals surface area contributed by atoms with Gasteiger partial charge in [-0.2, -0.15) is 0 Å². The Balaban J connectivity index is 1.24. The first kappa shape index (κ1) is 21.0. The van der Waals surface area contributed by atoms with E-state index in [0.717, 1.165) is 5.39 Å². The van der Waals surface area contributed by atoms with Gasteiger partial charge in [-0.3, -0.25) is 0 Å². The van der Waals surface area contributed by atoms with Crippen LogP contribution in [0, 0.1) is 0 Å². The summed E-state index contributed by atoms with van der Waals surface area (Å²) in [4.78, 5) is 15.9. The minimum atomic E-state index is -0.797. The SMILES string of the molecule is O=c1ccc2ccc(OCC(O)CSc3nnc(-c4ccco4)c(-c4ccco4)n3)cc2o1. The molecule has 0 saturated heterocycles. The third kappa shape index (κ3) is 4.81. The van der Waals surface area contributed by atoms with Crippen molar-refractivity contribution < 1.29 is 23.1 Å². The van der Waals surface area contributed by atoms with Crippen LogP contribution in [0.1, 0.15) is 0 Å². The van der Waals surface area contributed by atoms with E-state index in [0.29, 0.717) is 39.4 Å². The maximum Gasteiger partial charge on any atom is 0.336 e. The largest absolute Gasteiger partial charge is 0.491 e. The fraction of sp³-hybridized carbons (Fsp3) is 0.130. The van der Waals surface area contributed by atoms with E-state index >= 15 is 0 Å². The first-order valence-corrected chi connectivity index (χ1v) is 10.9. The second-order valence-corrected chi connectivity index (χ2v) is 7.96. The number of rotatable bonds is 8. The molecule has 1 unspecified atom stereocenters. The molecule has 0 fully saturated rings. The lowest BCUT2D eigenvalue weighted by atomic mass is 10.2. The molecule has 0 radical (unpaired) electrons. The van der Waals surface area contributed by atoms with Gasteiger partial charge in [-0.1, -0.05) is 11.8 Å². The van der Waals surface area contributed by atoms with E-state index in [1.165, 1.54) is 17.8 Å². The lowest BCUT2D eigenvalue weighted by Crippen LogP contribution is -2.20. The molecule has 1 atom stereocenters. The molecule has 5 aromatic rings. The van der Waals surface area contributed by atoms with Gasteiger partial charge < -0.3 is 23.1 Å². The predicted octanol–water partition coefficient (Wildman–Crippen LogP) is 4.03. The second kappa shape index (κ2) is 9.31. The Hall–Kier alpha value is -3.89. The van der Waals surface area contributed by atoms with E-state index in [1.807, 2.05) is 0 Å². The zero-order valence-electron chi connectivity index (χ0n) is 17.1. The summed E-state index contributed by atoms with van der Waals surface area (Å²) in [5.74, 6) is 1.83. The highest BCUT2D eigenvalue weighted by molar-refractivity contribution is 7.99. The molecule has 1 N–H and O–H groups in total. The van der Waals surface area contributed by atoms with E-state index in [2.05, 4.69) is 15.2 Å². The van der Waals surface area contributed by atoms with Crippen LogP contribution in [0.4, 0.5) is 0 Å². The van der Waals surface area contributed by atoms with Crippen LogP contribution in [0.3, 0.4) is 0 Å². The van der Waals surface area contributed by atoms with E-state index in [-0.39, 0.29) is 12.4 Å². The summed E-state index contributed by atoms with van der Waals surface area (Å²) in [5.41, 5.74) is 0.948. The number of aromatic nitrogens is 3. The van der Waals surface area contributed by atoms with Gasteiger partial charge in [0.2, 0.25) is 5.16 Å². The number of hydrogen-bond acceptors (Lipinski definition) is 10. The number of furan rings is 2. The Kier molecular flexibility index (Phi) is 5.92. The minimum Gasteiger partial charge on any atom is -0.491 e. The number of ether oxygens (including phenoxy) is 1. The molecule has 166 valence electrons. The van der Waals surface area contributed by atoms with Crippen molar-refractivity contribution in [3.05, 3.63) is 77.5 Å². The number of nitrogens with zero attached hydrogens (tertiary/aromatic N) is 3. The molecule has 0 saturated carbocycles. The summed E-state index contributed by atoms with van der Waals surface area (Å²) in [6.07, 6.45) is 2.30. The summed E-state index contributed by atoms with van der Waals surface area (Å²) >= 11 is 1.24. The summed E-state index contributed by atoms with van der Waals surface area (Å²) in [6, 6.07) is 15.2. The average molecular weight is 463 g/mol. The molecular formula is C23H17N3O6S. The number of benzene rings is 1. The molecule has 0 spiro atoms. The monoisotopic (exact) mass is 463 g/mol. The number of hydrogen-bond donors (Lipinski definition) is 1. The minimum absolute atomic E-state index is 0.0402. The van der Waals surface area contributed by atoms with Crippen LogP contribution in [-0.2, 0) is 0 Å². The maximum atomic E-state index is 11.4. The molecule has 0 bridgehead atoms. The number of aliphatic hydroxyl groups is 1. The Morgan fingerprint density at radius 3 is 2.48 bits per heavy atom. The van der Waals surface area contributed by atoms with Gasteiger partial charge in [0, 0.05) is 23.3 Å². The van der Waals surface area contributed by atoms with Crippen molar-refractivity contribution in [2.45, 2.75) is 11.3 Å². The van der Waals surface area contributed by atoms with E-state index in [1.54, 1.807) is 61.1 Å². The maximum absolute atomic E-state index is 11.4. The third-order valence-electron chi connectivity index (χ3n) is 4.62. The van der Waals surface area contributed by atoms with Gasteiger partial charge in [0.05, 0.1) is 18.6 Å². The topological polar surface area (TPSA) is 125 Å². The summed E-state index contributed by atoms with van der Waals surface area (Å²) in [5, 5.41) is 19.9. The molecule has 1 aromatic carbocycles. The van der Waals surface area contributed by atoms with Gasteiger partial charge >= 0.3 is 5.63 Å². The molecule has 0 aliphatic carbocycles. The third-order valence-corrected chi connectivity index (χ3v) is 5.60.